The van der Waals surface area contributed by atoms with Crippen molar-refractivity contribution >= 4 is 32.3 Å². The highest BCUT2D eigenvalue weighted by atomic mass is 35.5. The van der Waals surface area contributed by atoms with E-state index < -0.39 is 19.9 Å². The van der Waals surface area contributed by atoms with Gasteiger partial charge in [-0.3, -0.25) is 0 Å². The quantitative estimate of drug-likeness (QED) is 0.798. The fourth-order valence-corrected chi connectivity index (χ4v) is 4.75. The molecule has 2 unspecified atom stereocenters. The van der Waals surface area contributed by atoms with Crippen LogP contribution < -0.4 is 10.5 Å². The van der Waals surface area contributed by atoms with E-state index in [4.69, 9.17) is 5.73 Å². The first kappa shape index (κ1) is 20.4. The van der Waals surface area contributed by atoms with Crippen molar-refractivity contribution in [1.29, 1.82) is 0 Å². The summed E-state index contributed by atoms with van der Waals surface area (Å²) in [5.74, 6) is 0.152. The fourth-order valence-electron chi connectivity index (χ4n) is 2.78. The van der Waals surface area contributed by atoms with E-state index in [1.54, 1.807) is 0 Å². The molecule has 0 radical (unpaired) electrons. The lowest BCUT2D eigenvalue weighted by Gasteiger charge is -2.31. The third-order valence-electron chi connectivity index (χ3n) is 4.08. The van der Waals surface area contributed by atoms with Crippen LogP contribution in [0.3, 0.4) is 0 Å². The van der Waals surface area contributed by atoms with Gasteiger partial charge in [0.25, 0.3) is 0 Å². The zero-order valence-electron chi connectivity index (χ0n) is 12.9. The second kappa shape index (κ2) is 7.94. The number of sulfone groups is 1. The molecule has 0 amide bonds. The van der Waals surface area contributed by atoms with Gasteiger partial charge in [-0.2, -0.15) is 0 Å². The number of rotatable bonds is 5. The first-order valence-electron chi connectivity index (χ1n) is 7.26. The molecule has 0 bridgehead atoms. The van der Waals surface area contributed by atoms with Crippen LogP contribution in [0.4, 0.5) is 0 Å². The molecule has 2 rings (SSSR count). The van der Waals surface area contributed by atoms with Gasteiger partial charge >= 0.3 is 0 Å². The van der Waals surface area contributed by atoms with E-state index in [0.29, 0.717) is 6.54 Å². The van der Waals surface area contributed by atoms with E-state index >= 15 is 0 Å². The number of hydrogen-bond acceptors (Lipinski definition) is 5. The van der Waals surface area contributed by atoms with Crippen LogP contribution in [0.1, 0.15) is 25.7 Å². The Labute approximate surface area is 144 Å². The van der Waals surface area contributed by atoms with Crippen molar-refractivity contribution < 1.29 is 16.8 Å². The van der Waals surface area contributed by atoms with Gasteiger partial charge < -0.3 is 5.73 Å². The average Bonchev–Trinajstić information content (AvgIpc) is 2.47. The molecule has 1 saturated carbocycles. The van der Waals surface area contributed by atoms with Crippen molar-refractivity contribution in [1.82, 2.24) is 4.72 Å². The Kier molecular flexibility index (Phi) is 7.03. The summed E-state index contributed by atoms with van der Waals surface area (Å²) in [7, 11) is -7.00. The predicted octanol–water partition coefficient (Wildman–Crippen LogP) is 1.31. The van der Waals surface area contributed by atoms with Crippen molar-refractivity contribution in [3.63, 3.8) is 0 Å². The molecule has 0 saturated heterocycles. The maximum absolute atomic E-state index is 12.4. The van der Waals surface area contributed by atoms with Crippen LogP contribution in [0.25, 0.3) is 0 Å². The van der Waals surface area contributed by atoms with Gasteiger partial charge in [-0.1, -0.05) is 12.8 Å². The third kappa shape index (κ3) is 5.15. The minimum Gasteiger partial charge on any atom is -0.330 e. The molecule has 0 aromatic heterocycles. The average molecular weight is 383 g/mol. The smallest absolute Gasteiger partial charge is 0.240 e. The number of sulfonamides is 1. The fraction of sp³-hybridized carbons (Fsp3) is 0.571. The minimum absolute atomic E-state index is 0. The van der Waals surface area contributed by atoms with Crippen molar-refractivity contribution in [2.75, 3.05) is 12.8 Å². The van der Waals surface area contributed by atoms with Gasteiger partial charge in [-0.15, -0.1) is 12.4 Å². The first-order chi connectivity index (χ1) is 10.2. The molecule has 23 heavy (non-hydrogen) atoms. The predicted molar refractivity (Wildman–Crippen MR) is 91.9 cm³/mol. The highest BCUT2D eigenvalue weighted by Crippen LogP contribution is 2.25. The summed E-state index contributed by atoms with van der Waals surface area (Å²) >= 11 is 0. The molecule has 0 spiro atoms. The SMILES string of the molecule is CS(=O)(=O)c1ccc(S(=O)(=O)NC2CCCCC2CN)cc1.Cl. The summed E-state index contributed by atoms with van der Waals surface area (Å²) in [4.78, 5) is 0.171. The number of benzene rings is 1. The van der Waals surface area contributed by atoms with E-state index in [9.17, 15) is 16.8 Å². The van der Waals surface area contributed by atoms with Crippen molar-refractivity contribution in [3.05, 3.63) is 24.3 Å². The van der Waals surface area contributed by atoms with Gasteiger partial charge in [0.05, 0.1) is 9.79 Å². The molecular weight excluding hydrogens is 360 g/mol. The molecule has 9 heteroatoms. The Morgan fingerprint density at radius 1 is 1.04 bits per heavy atom. The molecule has 3 N–H and O–H groups in total. The second-order valence-electron chi connectivity index (χ2n) is 5.75. The molecule has 6 nitrogen and oxygen atoms in total. The van der Waals surface area contributed by atoms with Crippen LogP contribution in [0, 0.1) is 5.92 Å². The zero-order valence-corrected chi connectivity index (χ0v) is 15.4. The first-order valence-corrected chi connectivity index (χ1v) is 10.6. The molecule has 1 aromatic rings. The number of hydrogen-bond donors (Lipinski definition) is 2. The number of halogens is 1. The van der Waals surface area contributed by atoms with Gasteiger partial charge in [0.2, 0.25) is 10.0 Å². The van der Waals surface area contributed by atoms with Crippen LogP contribution in [-0.4, -0.2) is 35.7 Å². The molecule has 0 aliphatic heterocycles. The van der Waals surface area contributed by atoms with Gasteiger partial charge in [0.15, 0.2) is 9.84 Å². The largest absolute Gasteiger partial charge is 0.330 e. The Balaban J connectivity index is 0.00000264. The van der Waals surface area contributed by atoms with Crippen molar-refractivity contribution in [2.24, 2.45) is 11.7 Å². The Morgan fingerprint density at radius 3 is 2.09 bits per heavy atom. The van der Waals surface area contributed by atoms with Crippen molar-refractivity contribution in [3.8, 4) is 0 Å². The van der Waals surface area contributed by atoms with E-state index in [1.807, 2.05) is 0 Å². The van der Waals surface area contributed by atoms with Gasteiger partial charge in [-0.05, 0) is 49.6 Å². The van der Waals surface area contributed by atoms with E-state index in [1.165, 1.54) is 24.3 Å². The van der Waals surface area contributed by atoms with Crippen LogP contribution >= 0.6 is 12.4 Å². The molecule has 0 heterocycles. The number of nitrogens with two attached hydrogens (primary N) is 1. The number of nitrogens with one attached hydrogen (secondary N) is 1. The lowest BCUT2D eigenvalue weighted by atomic mass is 9.85. The molecule has 2 atom stereocenters. The Morgan fingerprint density at radius 2 is 1.57 bits per heavy atom. The zero-order chi connectivity index (χ0) is 16.4. The maximum Gasteiger partial charge on any atom is 0.240 e. The van der Waals surface area contributed by atoms with Crippen LogP contribution in [0.2, 0.25) is 0 Å². The topological polar surface area (TPSA) is 106 Å². The highest BCUT2D eigenvalue weighted by molar-refractivity contribution is 7.90. The van der Waals surface area contributed by atoms with Crippen molar-refractivity contribution in [2.45, 2.75) is 41.5 Å². The Hall–Kier alpha value is -0.670. The summed E-state index contributed by atoms with van der Waals surface area (Å²) < 4.78 is 50.4. The van der Waals surface area contributed by atoms with Crippen LogP contribution in [0.15, 0.2) is 34.1 Å². The van der Waals surface area contributed by atoms with Gasteiger partial charge in [-0.25, -0.2) is 21.6 Å². The molecular formula is C14H23ClN2O4S2. The molecule has 1 fully saturated rings. The second-order valence-corrected chi connectivity index (χ2v) is 9.48. The van der Waals surface area contributed by atoms with E-state index in [-0.39, 0.29) is 34.2 Å². The van der Waals surface area contributed by atoms with Crippen LogP contribution in [0.5, 0.6) is 0 Å². The Bertz CT molecular complexity index is 718. The normalized spacial score (nSPS) is 22.3. The molecule has 1 aliphatic carbocycles. The lowest BCUT2D eigenvalue weighted by Crippen LogP contribution is -2.44. The standard InChI is InChI=1S/C14H22N2O4S2.ClH/c1-21(17,18)12-6-8-13(9-7-12)22(19,20)16-14-5-3-2-4-11(14)10-15;/h6-9,11,14,16H,2-5,10,15H2,1H3;1H. The lowest BCUT2D eigenvalue weighted by molar-refractivity contribution is 0.296. The van der Waals surface area contributed by atoms with Gasteiger partial charge in [0, 0.05) is 12.3 Å². The van der Waals surface area contributed by atoms with Crippen LogP contribution in [-0.2, 0) is 19.9 Å². The maximum atomic E-state index is 12.4. The highest BCUT2D eigenvalue weighted by Gasteiger charge is 2.28. The van der Waals surface area contributed by atoms with Gasteiger partial charge in [0.1, 0.15) is 0 Å². The summed E-state index contributed by atoms with van der Waals surface area (Å²) in [5, 5.41) is 0. The minimum atomic E-state index is -3.67. The van der Waals surface area contributed by atoms with E-state index in [2.05, 4.69) is 4.72 Å². The van der Waals surface area contributed by atoms with E-state index in [0.717, 1.165) is 31.9 Å². The summed E-state index contributed by atoms with van der Waals surface area (Å²) in [6.07, 6.45) is 4.85. The summed E-state index contributed by atoms with van der Waals surface area (Å²) in [6, 6.07) is 5.10. The molecule has 132 valence electrons. The third-order valence-corrected chi connectivity index (χ3v) is 6.71. The monoisotopic (exact) mass is 382 g/mol. The molecule has 1 aromatic carbocycles. The summed E-state index contributed by atoms with van der Waals surface area (Å²) in [5.41, 5.74) is 5.72. The molecule has 1 aliphatic rings. The summed E-state index contributed by atoms with van der Waals surface area (Å²) in [6.45, 7) is 0.459.